The zero-order valence-electron chi connectivity index (χ0n) is 9.37. The Morgan fingerprint density at radius 1 is 1.40 bits per heavy atom. The molecule has 0 unspecified atom stereocenters. The number of benzene rings is 1. The molecule has 15 heavy (non-hydrogen) atoms. The molecule has 0 aliphatic carbocycles. The molecule has 0 saturated carbocycles. The lowest BCUT2D eigenvalue weighted by Gasteiger charge is -2.00. The Morgan fingerprint density at radius 3 is 2.73 bits per heavy atom. The van der Waals surface area contributed by atoms with Gasteiger partial charge in [-0.15, -0.1) is 0 Å². The maximum absolute atomic E-state index is 11.2. The van der Waals surface area contributed by atoms with E-state index >= 15 is 0 Å². The van der Waals surface area contributed by atoms with Gasteiger partial charge in [0, 0.05) is 29.2 Å². The molecule has 0 bridgehead atoms. The van der Waals surface area contributed by atoms with Gasteiger partial charge in [-0.3, -0.25) is 4.79 Å². The number of hydrogen-bond donors (Lipinski definition) is 0. The van der Waals surface area contributed by atoms with Gasteiger partial charge in [-0.1, -0.05) is 19.1 Å². The average Bonchev–Trinajstić information content (AvgIpc) is 2.53. The first-order chi connectivity index (χ1) is 7.20. The van der Waals surface area contributed by atoms with Crippen LogP contribution in [0.1, 0.15) is 28.5 Å². The van der Waals surface area contributed by atoms with Gasteiger partial charge >= 0.3 is 0 Å². The van der Waals surface area contributed by atoms with Crippen LogP contribution in [0.2, 0.25) is 0 Å². The molecule has 0 aliphatic heterocycles. The van der Waals surface area contributed by atoms with Crippen molar-refractivity contribution >= 4 is 17.2 Å². The van der Waals surface area contributed by atoms with Crippen LogP contribution >= 0.6 is 0 Å². The Labute approximate surface area is 89.5 Å². The minimum Gasteiger partial charge on any atom is -0.347 e. The summed E-state index contributed by atoms with van der Waals surface area (Å²) in [5, 5.41) is 1.10. The molecule has 1 aromatic carbocycles. The van der Waals surface area contributed by atoms with Crippen molar-refractivity contribution in [2.24, 2.45) is 7.05 Å². The molecule has 1 heterocycles. The summed E-state index contributed by atoms with van der Waals surface area (Å²) in [4.78, 5) is 11.2. The number of carbonyl (C=O) groups is 1. The number of rotatable bonds is 2. The highest BCUT2D eigenvalue weighted by atomic mass is 16.1. The number of aldehydes is 1. The summed E-state index contributed by atoms with van der Waals surface area (Å²) in [7, 11) is 2.02. The Hall–Kier alpha value is -1.57. The normalized spacial score (nSPS) is 10.9. The van der Waals surface area contributed by atoms with Crippen molar-refractivity contribution in [2.45, 2.75) is 20.3 Å². The number of hydrogen-bond acceptors (Lipinski definition) is 1. The van der Waals surface area contributed by atoms with Gasteiger partial charge in [0.2, 0.25) is 0 Å². The SMILES string of the molecule is CCc1c(C=O)c2c(C)cccc2n1C. The number of carbonyl (C=O) groups excluding carboxylic acids is 1. The van der Waals surface area contributed by atoms with E-state index in [2.05, 4.69) is 30.5 Å². The number of aryl methyl sites for hydroxylation is 2. The highest BCUT2D eigenvalue weighted by molar-refractivity contribution is 6.01. The molecule has 2 nitrogen and oxygen atoms in total. The fourth-order valence-corrected chi connectivity index (χ4v) is 2.31. The van der Waals surface area contributed by atoms with Crippen molar-refractivity contribution in [1.82, 2.24) is 4.57 Å². The van der Waals surface area contributed by atoms with E-state index in [1.54, 1.807) is 0 Å². The van der Waals surface area contributed by atoms with Gasteiger partial charge < -0.3 is 4.57 Å². The number of nitrogens with zero attached hydrogens (tertiary/aromatic N) is 1. The van der Waals surface area contributed by atoms with Crippen molar-refractivity contribution < 1.29 is 4.79 Å². The van der Waals surface area contributed by atoms with Crippen molar-refractivity contribution in [3.63, 3.8) is 0 Å². The second kappa shape index (κ2) is 3.54. The minimum atomic E-state index is 0.855. The van der Waals surface area contributed by atoms with Crippen LogP contribution in [-0.2, 0) is 13.5 Å². The summed E-state index contributed by atoms with van der Waals surface area (Å²) in [5.74, 6) is 0. The van der Waals surface area contributed by atoms with Gasteiger partial charge in [0.15, 0.2) is 6.29 Å². The van der Waals surface area contributed by atoms with E-state index in [4.69, 9.17) is 0 Å². The van der Waals surface area contributed by atoms with Crippen molar-refractivity contribution in [3.8, 4) is 0 Å². The first-order valence-electron chi connectivity index (χ1n) is 5.22. The van der Waals surface area contributed by atoms with Gasteiger partial charge in [-0.25, -0.2) is 0 Å². The standard InChI is InChI=1S/C13H15NO/c1-4-11-10(8-15)13-9(2)6-5-7-12(13)14(11)3/h5-8H,4H2,1-3H3. The van der Waals surface area contributed by atoms with Crippen LogP contribution in [0.25, 0.3) is 10.9 Å². The Balaban J connectivity index is 2.98. The van der Waals surface area contributed by atoms with Gasteiger partial charge in [0.1, 0.15) is 0 Å². The third-order valence-corrected chi connectivity index (χ3v) is 3.05. The molecule has 2 rings (SSSR count). The predicted molar refractivity (Wildman–Crippen MR) is 62.4 cm³/mol. The summed E-state index contributed by atoms with van der Waals surface area (Å²) in [6, 6.07) is 6.15. The molecular formula is C13H15NO. The van der Waals surface area contributed by atoms with Crippen LogP contribution in [0.4, 0.5) is 0 Å². The van der Waals surface area contributed by atoms with Crippen LogP contribution in [-0.4, -0.2) is 10.9 Å². The van der Waals surface area contributed by atoms with Crippen LogP contribution in [0, 0.1) is 6.92 Å². The molecule has 0 atom stereocenters. The van der Waals surface area contributed by atoms with Crippen LogP contribution in [0.3, 0.4) is 0 Å². The third-order valence-electron chi connectivity index (χ3n) is 3.05. The van der Waals surface area contributed by atoms with Gasteiger partial charge in [-0.05, 0) is 25.0 Å². The largest absolute Gasteiger partial charge is 0.347 e. The molecule has 78 valence electrons. The fourth-order valence-electron chi connectivity index (χ4n) is 2.31. The first-order valence-corrected chi connectivity index (χ1v) is 5.22. The highest BCUT2D eigenvalue weighted by Crippen LogP contribution is 2.27. The quantitative estimate of drug-likeness (QED) is 0.685. The lowest BCUT2D eigenvalue weighted by molar-refractivity contribution is 0.112. The van der Waals surface area contributed by atoms with Crippen LogP contribution in [0.5, 0.6) is 0 Å². The zero-order chi connectivity index (χ0) is 11.0. The Kier molecular flexibility index (Phi) is 2.35. The van der Waals surface area contributed by atoms with Gasteiger partial charge in [0.05, 0.1) is 0 Å². The summed E-state index contributed by atoms with van der Waals surface area (Å²) in [6.07, 6.45) is 1.87. The Morgan fingerprint density at radius 2 is 2.13 bits per heavy atom. The third kappa shape index (κ3) is 1.29. The molecule has 2 heteroatoms. The first kappa shape index (κ1) is 9.97. The highest BCUT2D eigenvalue weighted by Gasteiger charge is 2.13. The van der Waals surface area contributed by atoms with Crippen molar-refractivity contribution in [3.05, 3.63) is 35.0 Å². The van der Waals surface area contributed by atoms with E-state index in [0.717, 1.165) is 34.9 Å². The van der Waals surface area contributed by atoms with Crippen molar-refractivity contribution in [1.29, 1.82) is 0 Å². The average molecular weight is 201 g/mol. The van der Waals surface area contributed by atoms with E-state index in [0.29, 0.717) is 0 Å². The number of fused-ring (bicyclic) bond motifs is 1. The van der Waals surface area contributed by atoms with E-state index in [-0.39, 0.29) is 0 Å². The molecule has 0 N–H and O–H groups in total. The molecule has 0 aliphatic rings. The van der Waals surface area contributed by atoms with Crippen LogP contribution < -0.4 is 0 Å². The second-order valence-electron chi connectivity index (χ2n) is 3.86. The molecule has 1 aromatic heterocycles. The summed E-state index contributed by atoms with van der Waals surface area (Å²) in [6.45, 7) is 4.13. The van der Waals surface area contributed by atoms with E-state index in [9.17, 15) is 4.79 Å². The minimum absolute atomic E-state index is 0.855. The van der Waals surface area contributed by atoms with E-state index in [1.807, 2.05) is 13.1 Å². The topological polar surface area (TPSA) is 22.0 Å². The fraction of sp³-hybridized carbons (Fsp3) is 0.308. The summed E-state index contributed by atoms with van der Waals surface area (Å²) >= 11 is 0. The molecule has 0 amide bonds. The Bertz CT molecular complexity index is 523. The molecule has 0 spiro atoms. The smallest absolute Gasteiger partial charge is 0.152 e. The van der Waals surface area contributed by atoms with Crippen LogP contribution in [0.15, 0.2) is 18.2 Å². The predicted octanol–water partition coefficient (Wildman–Crippen LogP) is 2.86. The molecule has 0 radical (unpaired) electrons. The summed E-state index contributed by atoms with van der Waals surface area (Å²) < 4.78 is 2.12. The maximum Gasteiger partial charge on any atom is 0.152 e. The maximum atomic E-state index is 11.2. The number of aromatic nitrogens is 1. The monoisotopic (exact) mass is 201 g/mol. The van der Waals surface area contributed by atoms with Gasteiger partial charge in [-0.2, -0.15) is 0 Å². The van der Waals surface area contributed by atoms with Gasteiger partial charge in [0.25, 0.3) is 0 Å². The van der Waals surface area contributed by atoms with Crippen molar-refractivity contribution in [2.75, 3.05) is 0 Å². The lowest BCUT2D eigenvalue weighted by atomic mass is 10.1. The molecule has 0 fully saturated rings. The molecular weight excluding hydrogens is 186 g/mol. The van der Waals surface area contributed by atoms with E-state index < -0.39 is 0 Å². The second-order valence-corrected chi connectivity index (χ2v) is 3.86. The molecule has 2 aromatic rings. The van der Waals surface area contributed by atoms with E-state index in [1.165, 1.54) is 5.56 Å². The zero-order valence-corrected chi connectivity index (χ0v) is 9.37. The lowest BCUT2D eigenvalue weighted by Crippen LogP contribution is -1.96. The molecule has 0 saturated heterocycles. The summed E-state index contributed by atoms with van der Waals surface area (Å²) in [5.41, 5.74) is 4.29.